The Morgan fingerprint density at radius 1 is 1.10 bits per heavy atom. The predicted octanol–water partition coefficient (Wildman–Crippen LogP) is 4.24. The molecule has 9 heteroatoms. The minimum atomic E-state index is -1.27. The first kappa shape index (κ1) is 27.4. The average Bonchev–Trinajstić information content (AvgIpc) is 3.24. The van der Waals surface area contributed by atoms with E-state index in [4.69, 9.17) is 15.9 Å². The van der Waals surface area contributed by atoms with Gasteiger partial charge in [0, 0.05) is 18.6 Å². The van der Waals surface area contributed by atoms with Crippen LogP contribution < -0.4 is 15.4 Å². The summed E-state index contributed by atoms with van der Waals surface area (Å²) in [7, 11) is 1.57. The van der Waals surface area contributed by atoms with Gasteiger partial charge in [-0.25, -0.2) is 14.1 Å². The highest BCUT2D eigenvalue weighted by Gasteiger charge is 2.47. The maximum Gasteiger partial charge on any atom is 0.325 e. The summed E-state index contributed by atoms with van der Waals surface area (Å²) < 4.78 is 25.2. The largest absolute Gasteiger partial charge is 0.491 e. The quantitative estimate of drug-likeness (QED) is 0.233. The number of imide groups is 1. The summed E-state index contributed by atoms with van der Waals surface area (Å²) in [4.78, 5) is 41.3. The van der Waals surface area contributed by atoms with Crippen molar-refractivity contribution in [2.45, 2.75) is 24.9 Å². The summed E-state index contributed by atoms with van der Waals surface area (Å²) in [5.74, 6) is 0.261. The van der Waals surface area contributed by atoms with Crippen LogP contribution in [0.3, 0.4) is 0 Å². The summed E-state index contributed by atoms with van der Waals surface area (Å²) in [6.45, 7) is 2.52. The number of benzene rings is 3. The summed E-state index contributed by atoms with van der Waals surface area (Å²) >= 11 is 0. The van der Waals surface area contributed by atoms with E-state index in [1.165, 1.54) is 12.1 Å². The van der Waals surface area contributed by atoms with Gasteiger partial charge >= 0.3 is 6.03 Å². The Hall–Kier alpha value is -4.68. The van der Waals surface area contributed by atoms with Gasteiger partial charge in [-0.3, -0.25) is 9.59 Å². The van der Waals surface area contributed by atoms with Crippen LogP contribution in [0, 0.1) is 18.2 Å². The minimum Gasteiger partial charge on any atom is -0.491 e. The van der Waals surface area contributed by atoms with E-state index in [2.05, 4.69) is 16.6 Å². The highest BCUT2D eigenvalue weighted by atomic mass is 19.1. The summed E-state index contributed by atoms with van der Waals surface area (Å²) in [6, 6.07) is 16.7. The zero-order chi connectivity index (χ0) is 27.9. The van der Waals surface area contributed by atoms with Crippen molar-refractivity contribution in [2.24, 2.45) is 0 Å². The van der Waals surface area contributed by atoms with Crippen molar-refractivity contribution in [2.75, 3.05) is 25.6 Å². The molecule has 1 aliphatic rings. The van der Waals surface area contributed by atoms with Gasteiger partial charge in [-0.05, 0) is 41.5 Å². The fraction of sp³-hybridized carbons (Fsp3) is 0.233. The zero-order valence-electron chi connectivity index (χ0n) is 21.5. The molecule has 3 aromatic rings. The lowest BCUT2D eigenvalue weighted by Gasteiger charge is -2.30. The van der Waals surface area contributed by atoms with E-state index >= 15 is 0 Å². The van der Waals surface area contributed by atoms with Crippen LogP contribution in [0.5, 0.6) is 5.75 Å². The highest BCUT2D eigenvalue weighted by molar-refractivity contribution is 6.10. The second-order valence-corrected chi connectivity index (χ2v) is 8.97. The van der Waals surface area contributed by atoms with Crippen molar-refractivity contribution < 1.29 is 28.2 Å². The van der Waals surface area contributed by atoms with Crippen LogP contribution in [0.25, 0.3) is 0 Å². The van der Waals surface area contributed by atoms with Gasteiger partial charge < -0.3 is 20.1 Å². The molecule has 0 radical (unpaired) electrons. The molecular weight excluding hydrogens is 501 g/mol. The molecule has 0 spiro atoms. The van der Waals surface area contributed by atoms with Crippen LogP contribution in [-0.4, -0.2) is 49.1 Å². The van der Waals surface area contributed by atoms with Gasteiger partial charge in [-0.1, -0.05) is 55.3 Å². The van der Waals surface area contributed by atoms with Crippen LogP contribution in [0.2, 0.25) is 0 Å². The number of amides is 4. The van der Waals surface area contributed by atoms with Crippen molar-refractivity contribution in [1.82, 2.24) is 10.2 Å². The molecule has 0 aliphatic carbocycles. The van der Waals surface area contributed by atoms with E-state index in [1.54, 1.807) is 62.6 Å². The van der Waals surface area contributed by atoms with Crippen LogP contribution in [0.1, 0.15) is 35.6 Å². The SMILES string of the molecule is C#Cc1ccc(NC(=O)[C@H]([C@@H](C)c2ccccc2)N2C(=O)N[C@H](c3ccc(OCCOC)cc3)C2=O)c(F)c1. The van der Waals surface area contributed by atoms with E-state index < -0.39 is 41.7 Å². The number of terminal acetylenes is 1. The first-order valence-corrected chi connectivity index (χ1v) is 12.3. The molecule has 1 fully saturated rings. The molecule has 0 aromatic heterocycles. The lowest BCUT2D eigenvalue weighted by atomic mass is 9.91. The molecule has 0 bridgehead atoms. The molecule has 0 saturated carbocycles. The number of anilines is 1. The molecule has 4 rings (SSSR count). The van der Waals surface area contributed by atoms with Crippen molar-refractivity contribution in [3.8, 4) is 18.1 Å². The smallest absolute Gasteiger partial charge is 0.325 e. The lowest BCUT2D eigenvalue weighted by Crippen LogP contribution is -2.50. The van der Waals surface area contributed by atoms with E-state index in [9.17, 15) is 18.8 Å². The van der Waals surface area contributed by atoms with Crippen LogP contribution >= 0.6 is 0 Å². The van der Waals surface area contributed by atoms with Gasteiger partial charge in [0.15, 0.2) is 0 Å². The number of rotatable bonds is 10. The Morgan fingerprint density at radius 3 is 2.46 bits per heavy atom. The summed E-state index contributed by atoms with van der Waals surface area (Å²) in [5.41, 5.74) is 1.45. The molecule has 1 heterocycles. The lowest BCUT2D eigenvalue weighted by molar-refractivity contribution is -0.134. The number of carbonyl (C=O) groups excluding carboxylic acids is 3. The topological polar surface area (TPSA) is 97.0 Å². The fourth-order valence-electron chi connectivity index (χ4n) is 4.40. The van der Waals surface area contributed by atoms with E-state index in [-0.39, 0.29) is 5.69 Å². The zero-order valence-corrected chi connectivity index (χ0v) is 21.5. The van der Waals surface area contributed by atoms with E-state index in [1.807, 2.05) is 6.07 Å². The average molecular weight is 530 g/mol. The van der Waals surface area contributed by atoms with Gasteiger partial charge in [-0.15, -0.1) is 6.42 Å². The Kier molecular flexibility index (Phi) is 8.59. The number of halogens is 1. The van der Waals surface area contributed by atoms with Gasteiger partial charge in [0.05, 0.1) is 12.3 Å². The third-order valence-electron chi connectivity index (χ3n) is 6.48. The van der Waals surface area contributed by atoms with Gasteiger partial charge in [-0.2, -0.15) is 0 Å². The molecule has 4 amide bonds. The van der Waals surface area contributed by atoms with Gasteiger partial charge in [0.25, 0.3) is 5.91 Å². The Morgan fingerprint density at radius 2 is 1.82 bits per heavy atom. The van der Waals surface area contributed by atoms with Gasteiger partial charge in [0.1, 0.15) is 30.3 Å². The molecule has 3 atom stereocenters. The third-order valence-corrected chi connectivity index (χ3v) is 6.48. The number of ether oxygens (including phenoxy) is 2. The van der Waals surface area contributed by atoms with Crippen molar-refractivity contribution in [3.63, 3.8) is 0 Å². The molecule has 8 nitrogen and oxygen atoms in total. The van der Waals surface area contributed by atoms with E-state index in [0.717, 1.165) is 16.5 Å². The molecule has 2 N–H and O–H groups in total. The first-order valence-electron chi connectivity index (χ1n) is 12.3. The Labute approximate surface area is 226 Å². The second-order valence-electron chi connectivity index (χ2n) is 8.97. The number of nitrogens with zero attached hydrogens (tertiary/aromatic N) is 1. The summed E-state index contributed by atoms with van der Waals surface area (Å²) in [5, 5.41) is 5.21. The molecule has 200 valence electrons. The number of hydrogen-bond acceptors (Lipinski definition) is 5. The number of nitrogens with one attached hydrogen (secondary N) is 2. The van der Waals surface area contributed by atoms with Crippen LogP contribution in [-0.2, 0) is 14.3 Å². The van der Waals surface area contributed by atoms with Crippen molar-refractivity contribution >= 4 is 23.5 Å². The summed E-state index contributed by atoms with van der Waals surface area (Å²) in [6.07, 6.45) is 5.33. The minimum absolute atomic E-state index is 0.114. The monoisotopic (exact) mass is 529 g/mol. The van der Waals surface area contributed by atoms with E-state index in [0.29, 0.717) is 30.1 Å². The molecule has 1 aliphatic heterocycles. The maximum absolute atomic E-state index is 14.6. The normalized spacial score (nSPS) is 16.3. The van der Waals surface area contributed by atoms with Crippen molar-refractivity contribution in [1.29, 1.82) is 0 Å². The Bertz CT molecular complexity index is 1390. The number of methoxy groups -OCH3 is 1. The standard InChI is InChI=1S/C30H28FN3O5/c1-4-20-10-15-25(24(31)18-20)32-28(35)27(19(2)21-8-6-5-7-9-21)34-29(36)26(33-30(34)37)22-11-13-23(14-12-22)39-17-16-38-3/h1,5-15,18-19,26-27H,16-17H2,2-3H3,(H,32,35)(H,33,37)/t19-,26+,27-/m0/s1. The third kappa shape index (κ3) is 6.08. The number of carbonyl (C=O) groups is 3. The van der Waals surface area contributed by atoms with Crippen LogP contribution in [0.15, 0.2) is 72.8 Å². The second kappa shape index (κ2) is 12.2. The number of hydrogen-bond donors (Lipinski definition) is 2. The first-order chi connectivity index (χ1) is 18.8. The fourth-order valence-corrected chi connectivity index (χ4v) is 4.40. The number of urea groups is 1. The molecular formula is C30H28FN3O5. The molecule has 1 saturated heterocycles. The Balaban J connectivity index is 1.62. The predicted molar refractivity (Wildman–Crippen MR) is 144 cm³/mol. The van der Waals surface area contributed by atoms with Crippen molar-refractivity contribution in [3.05, 3.63) is 95.3 Å². The molecule has 39 heavy (non-hydrogen) atoms. The maximum atomic E-state index is 14.6. The van der Waals surface area contributed by atoms with Gasteiger partial charge in [0.2, 0.25) is 5.91 Å². The molecule has 3 aromatic carbocycles. The highest BCUT2D eigenvalue weighted by Crippen LogP contribution is 2.32. The van der Waals surface area contributed by atoms with Crippen LogP contribution in [0.4, 0.5) is 14.9 Å². The molecule has 0 unspecified atom stereocenters.